The molecule has 0 saturated carbocycles. The summed E-state index contributed by atoms with van der Waals surface area (Å²) in [4.78, 5) is 4.15. The van der Waals surface area contributed by atoms with Crippen molar-refractivity contribution in [2.75, 3.05) is 7.05 Å². The van der Waals surface area contributed by atoms with Gasteiger partial charge in [-0.15, -0.1) is 0 Å². The third-order valence-electron chi connectivity index (χ3n) is 2.51. The van der Waals surface area contributed by atoms with E-state index in [1.54, 1.807) is 26.1 Å². The molecule has 3 nitrogen and oxygen atoms in total. The summed E-state index contributed by atoms with van der Waals surface area (Å²) in [6, 6.07) is 5.52. The molecule has 82 valence electrons. The van der Waals surface area contributed by atoms with Gasteiger partial charge in [-0.05, 0) is 22.3 Å². The van der Waals surface area contributed by atoms with Gasteiger partial charge in [-0.1, -0.05) is 49.6 Å². The summed E-state index contributed by atoms with van der Waals surface area (Å²) in [6.45, 7) is 1.18. The summed E-state index contributed by atoms with van der Waals surface area (Å²) in [5.41, 5.74) is 0.797. The van der Waals surface area contributed by atoms with E-state index in [0.29, 0.717) is 10.8 Å². The van der Waals surface area contributed by atoms with Gasteiger partial charge in [0.1, 0.15) is 0 Å². The third kappa shape index (κ3) is 3.44. The molecule has 0 fully saturated rings. The van der Waals surface area contributed by atoms with Crippen LogP contribution in [0, 0.1) is 0 Å². The topological polar surface area (TPSA) is 47.2 Å². The number of hydrogen-bond acceptors (Lipinski definition) is 2. The standard InChI is InChI=1S/C11H11BClN2O.K/c1-12(16)8-3-7-4-11(14-2)15-6-9(7)10(13)5-8;/h3-6,16H,1-2H3;/q-1;+1. The van der Waals surface area contributed by atoms with Crippen LogP contribution >= 0.6 is 11.6 Å². The van der Waals surface area contributed by atoms with Crippen molar-refractivity contribution in [3.63, 3.8) is 0 Å². The minimum atomic E-state index is -0.530. The largest absolute Gasteiger partial charge is 1.00 e. The summed E-state index contributed by atoms with van der Waals surface area (Å²) in [7, 11) is 1.69. The summed E-state index contributed by atoms with van der Waals surface area (Å²) in [6.07, 6.45) is 1.70. The molecule has 0 amide bonds. The summed E-state index contributed by atoms with van der Waals surface area (Å²) >= 11 is 6.12. The van der Waals surface area contributed by atoms with Crippen LogP contribution in [0.15, 0.2) is 24.4 Å². The maximum absolute atomic E-state index is 9.54. The van der Waals surface area contributed by atoms with Crippen LogP contribution in [0.3, 0.4) is 0 Å². The average Bonchev–Trinajstić information content (AvgIpc) is 2.28. The van der Waals surface area contributed by atoms with Crippen molar-refractivity contribution in [1.82, 2.24) is 4.98 Å². The van der Waals surface area contributed by atoms with Gasteiger partial charge >= 0.3 is 58.3 Å². The fraction of sp³-hybridized carbons (Fsp3) is 0.182. The van der Waals surface area contributed by atoms with Crippen molar-refractivity contribution in [2.45, 2.75) is 6.82 Å². The molecule has 1 N–H and O–H groups in total. The molecule has 2 aromatic rings. The Morgan fingerprint density at radius 2 is 2.06 bits per heavy atom. The van der Waals surface area contributed by atoms with E-state index in [1.165, 1.54) is 0 Å². The zero-order valence-corrected chi connectivity index (χ0v) is 14.0. The van der Waals surface area contributed by atoms with E-state index in [2.05, 4.69) is 10.3 Å². The quantitative estimate of drug-likeness (QED) is 0.739. The van der Waals surface area contributed by atoms with Gasteiger partial charge < -0.3 is 15.3 Å². The third-order valence-corrected chi connectivity index (χ3v) is 2.82. The summed E-state index contributed by atoms with van der Waals surface area (Å²) in [5.74, 6) is 0.659. The van der Waals surface area contributed by atoms with Gasteiger partial charge in [0, 0.05) is 5.02 Å². The molecule has 0 unspecified atom stereocenters. The molecule has 6 heteroatoms. The second-order valence-electron chi connectivity index (χ2n) is 3.67. The molecule has 0 aliphatic rings. The maximum Gasteiger partial charge on any atom is 1.00 e. The van der Waals surface area contributed by atoms with Crippen molar-refractivity contribution >= 4 is 40.6 Å². The van der Waals surface area contributed by atoms with E-state index in [-0.39, 0.29) is 51.4 Å². The monoisotopic (exact) mass is 272 g/mol. The Morgan fingerprint density at radius 1 is 1.35 bits per heavy atom. The number of rotatable bonds is 2. The van der Waals surface area contributed by atoms with E-state index in [4.69, 9.17) is 11.6 Å². The molecular formula is C11H11BClKN2O. The van der Waals surface area contributed by atoms with Gasteiger partial charge in [0.15, 0.2) is 0 Å². The van der Waals surface area contributed by atoms with Crippen LogP contribution in [0.25, 0.3) is 16.1 Å². The van der Waals surface area contributed by atoms with E-state index >= 15 is 0 Å². The number of hydrogen-bond donors (Lipinski definition) is 1. The molecule has 0 aliphatic heterocycles. The smallest absolute Gasteiger partial charge is 0.469 e. The Morgan fingerprint density at radius 3 is 2.65 bits per heavy atom. The summed E-state index contributed by atoms with van der Waals surface area (Å²) in [5, 5.41) is 16.0. The van der Waals surface area contributed by atoms with Crippen LogP contribution in [0.5, 0.6) is 0 Å². The van der Waals surface area contributed by atoms with Crippen LogP contribution in [0.2, 0.25) is 11.8 Å². The molecule has 1 heterocycles. The van der Waals surface area contributed by atoms with E-state index < -0.39 is 6.92 Å². The Labute approximate surface area is 148 Å². The van der Waals surface area contributed by atoms with E-state index in [0.717, 1.165) is 16.2 Å². The fourth-order valence-electron chi connectivity index (χ4n) is 1.59. The van der Waals surface area contributed by atoms with Crippen LogP contribution in [0.1, 0.15) is 0 Å². The molecule has 0 radical (unpaired) electrons. The van der Waals surface area contributed by atoms with Crippen LogP contribution in [0.4, 0.5) is 5.82 Å². The second-order valence-corrected chi connectivity index (χ2v) is 4.07. The maximum atomic E-state index is 9.54. The zero-order chi connectivity index (χ0) is 11.7. The zero-order valence-electron chi connectivity index (χ0n) is 10.1. The second kappa shape index (κ2) is 6.52. The van der Waals surface area contributed by atoms with Crippen molar-refractivity contribution in [3.8, 4) is 0 Å². The van der Waals surface area contributed by atoms with Gasteiger partial charge in [-0.25, -0.2) is 0 Å². The molecule has 0 atom stereocenters. The van der Waals surface area contributed by atoms with Crippen molar-refractivity contribution in [1.29, 1.82) is 0 Å². The van der Waals surface area contributed by atoms with Crippen LogP contribution in [-0.4, -0.2) is 24.0 Å². The molecule has 1 aromatic heterocycles. The van der Waals surface area contributed by atoms with Crippen molar-refractivity contribution < 1.29 is 56.4 Å². The van der Waals surface area contributed by atoms with Gasteiger partial charge in [0.25, 0.3) is 0 Å². The first-order valence-corrected chi connectivity index (χ1v) is 5.36. The Hall–Kier alpha value is 0.381. The number of nitrogens with zero attached hydrogens (tertiary/aromatic N) is 2. The van der Waals surface area contributed by atoms with Gasteiger partial charge in [-0.2, -0.15) is 0 Å². The Bertz CT molecular complexity index is 536. The van der Waals surface area contributed by atoms with Crippen molar-refractivity contribution in [2.24, 2.45) is 0 Å². The number of halogens is 1. The van der Waals surface area contributed by atoms with Gasteiger partial charge in [0.2, 0.25) is 0 Å². The number of pyridine rings is 1. The molecule has 2 rings (SSSR count). The van der Waals surface area contributed by atoms with Crippen LogP contribution < -0.4 is 56.8 Å². The number of aromatic nitrogens is 1. The molecule has 0 saturated heterocycles. The SMILES string of the molecule is C[N-]c1cc2cc(B(C)O)cc(Cl)c2cn1.[K+]. The average molecular weight is 273 g/mol. The number of fused-ring (bicyclic) bond motifs is 1. The first-order chi connectivity index (χ1) is 7.61. The molecule has 0 bridgehead atoms. The predicted molar refractivity (Wildman–Crippen MR) is 69.2 cm³/mol. The minimum absolute atomic E-state index is 0. The molecule has 0 aliphatic carbocycles. The van der Waals surface area contributed by atoms with Crippen LogP contribution in [-0.2, 0) is 0 Å². The molecule has 17 heavy (non-hydrogen) atoms. The first kappa shape index (κ1) is 15.4. The summed E-state index contributed by atoms with van der Waals surface area (Å²) < 4.78 is 0. The Balaban J connectivity index is 0.00000144. The van der Waals surface area contributed by atoms with E-state index in [1.807, 2.05) is 12.1 Å². The molecular weight excluding hydrogens is 261 g/mol. The normalized spacial score (nSPS) is 9.88. The molecule has 1 aromatic carbocycles. The minimum Gasteiger partial charge on any atom is -0.469 e. The molecule has 0 spiro atoms. The van der Waals surface area contributed by atoms with Crippen molar-refractivity contribution in [3.05, 3.63) is 34.7 Å². The van der Waals surface area contributed by atoms with Gasteiger partial charge in [0.05, 0.1) is 0 Å². The van der Waals surface area contributed by atoms with Gasteiger partial charge in [-0.3, -0.25) is 0 Å². The Kier molecular flexibility index (Phi) is 5.92. The first-order valence-electron chi connectivity index (χ1n) is 4.99. The number of benzene rings is 1. The van der Waals surface area contributed by atoms with E-state index in [9.17, 15) is 5.02 Å². The predicted octanol–water partition coefficient (Wildman–Crippen LogP) is -0.652. The fourth-order valence-corrected chi connectivity index (χ4v) is 1.87.